The first-order valence-corrected chi connectivity index (χ1v) is 7.91. The second-order valence-electron chi connectivity index (χ2n) is 5.27. The fourth-order valence-corrected chi connectivity index (χ4v) is 3.33. The molecule has 0 aromatic carbocycles. The van der Waals surface area contributed by atoms with E-state index in [1.54, 1.807) is 0 Å². The Balaban J connectivity index is 1.86. The van der Waals surface area contributed by atoms with Crippen molar-refractivity contribution in [2.24, 2.45) is 5.92 Å². The van der Waals surface area contributed by atoms with E-state index in [4.69, 9.17) is 5.11 Å². The average molecular weight is 309 g/mol. The van der Waals surface area contributed by atoms with Gasteiger partial charge in [-0.2, -0.15) is 0 Å². The van der Waals surface area contributed by atoms with Crippen LogP contribution in [0.2, 0.25) is 0 Å². The summed E-state index contributed by atoms with van der Waals surface area (Å²) in [6, 6.07) is 1.62. The molecule has 1 aromatic heterocycles. The normalized spacial score (nSPS) is 21.2. The molecule has 21 heavy (non-hydrogen) atoms. The van der Waals surface area contributed by atoms with Crippen LogP contribution in [0.3, 0.4) is 0 Å². The van der Waals surface area contributed by atoms with Crippen LogP contribution in [-0.2, 0) is 9.59 Å². The van der Waals surface area contributed by atoms with Gasteiger partial charge in [0.05, 0.1) is 11.7 Å². The molecule has 0 bridgehead atoms. The number of aromatic nitrogens is 2. The van der Waals surface area contributed by atoms with Gasteiger partial charge in [0.15, 0.2) is 5.16 Å². The number of carboxylic acids is 1. The van der Waals surface area contributed by atoms with Gasteiger partial charge in [-0.05, 0) is 32.8 Å². The van der Waals surface area contributed by atoms with Gasteiger partial charge >= 0.3 is 5.97 Å². The molecule has 0 spiro atoms. The molecular weight excluding hydrogens is 290 g/mol. The molecule has 1 aromatic rings. The van der Waals surface area contributed by atoms with Crippen LogP contribution >= 0.6 is 11.8 Å². The van der Waals surface area contributed by atoms with Crippen molar-refractivity contribution in [1.82, 2.24) is 15.3 Å². The van der Waals surface area contributed by atoms with Crippen LogP contribution in [0, 0.1) is 19.8 Å². The minimum absolute atomic E-state index is 0.166. The predicted octanol–water partition coefficient (Wildman–Crippen LogP) is 1.56. The van der Waals surface area contributed by atoms with Gasteiger partial charge in [-0.3, -0.25) is 9.59 Å². The lowest BCUT2D eigenvalue weighted by Crippen LogP contribution is -2.41. The molecule has 0 saturated heterocycles. The summed E-state index contributed by atoms with van der Waals surface area (Å²) >= 11 is 1.27. The van der Waals surface area contributed by atoms with E-state index in [2.05, 4.69) is 15.3 Å². The van der Waals surface area contributed by atoms with Crippen LogP contribution in [0.4, 0.5) is 0 Å². The topological polar surface area (TPSA) is 92.2 Å². The smallest absolute Gasteiger partial charge is 0.308 e. The molecule has 114 valence electrons. The Labute approximate surface area is 127 Å². The minimum atomic E-state index is -0.830. The van der Waals surface area contributed by atoms with E-state index in [1.807, 2.05) is 19.9 Å². The van der Waals surface area contributed by atoms with E-state index >= 15 is 0 Å². The Hall–Kier alpha value is -1.63. The summed E-state index contributed by atoms with van der Waals surface area (Å²) in [4.78, 5) is 31.5. The Kier molecular flexibility index (Phi) is 5.17. The molecule has 0 radical (unpaired) electrons. The largest absolute Gasteiger partial charge is 0.481 e. The van der Waals surface area contributed by atoms with Gasteiger partial charge in [0.25, 0.3) is 0 Å². The third-order valence-corrected chi connectivity index (χ3v) is 4.32. The van der Waals surface area contributed by atoms with E-state index in [0.717, 1.165) is 24.2 Å². The molecule has 0 aliphatic heterocycles. The number of amides is 1. The summed E-state index contributed by atoms with van der Waals surface area (Å²) in [5.41, 5.74) is 1.74. The van der Waals surface area contributed by atoms with Crippen LogP contribution in [0.5, 0.6) is 0 Å². The van der Waals surface area contributed by atoms with Crippen molar-refractivity contribution in [3.8, 4) is 0 Å². The standard InChI is InChI=1S/C14H19N3O3S/c1-8-6-9(2)16-14(15-8)21-7-12(18)17-11-5-3-4-10(11)13(19)20/h6,10-11H,3-5,7H2,1-2H3,(H,17,18)(H,19,20)/t10-,11+/m0/s1. The minimum Gasteiger partial charge on any atom is -0.481 e. The van der Waals surface area contributed by atoms with Gasteiger partial charge < -0.3 is 10.4 Å². The van der Waals surface area contributed by atoms with Gasteiger partial charge in [0, 0.05) is 17.4 Å². The molecule has 0 unspecified atom stereocenters. The second kappa shape index (κ2) is 6.89. The third kappa shape index (κ3) is 4.42. The Bertz CT molecular complexity index is 530. The SMILES string of the molecule is Cc1cc(C)nc(SCC(=O)N[C@@H]2CCC[C@@H]2C(=O)O)n1. The maximum absolute atomic E-state index is 11.9. The van der Waals surface area contributed by atoms with Crippen LogP contribution in [-0.4, -0.2) is 38.7 Å². The molecule has 1 aliphatic rings. The van der Waals surface area contributed by atoms with Crippen molar-refractivity contribution in [1.29, 1.82) is 0 Å². The number of carbonyl (C=O) groups excluding carboxylic acids is 1. The monoisotopic (exact) mass is 309 g/mol. The number of nitrogens with zero attached hydrogens (tertiary/aromatic N) is 2. The maximum Gasteiger partial charge on any atom is 0.308 e. The number of hydrogen-bond donors (Lipinski definition) is 2. The molecule has 2 rings (SSSR count). The maximum atomic E-state index is 11.9. The molecular formula is C14H19N3O3S. The number of thioether (sulfide) groups is 1. The van der Waals surface area contributed by atoms with E-state index < -0.39 is 11.9 Å². The van der Waals surface area contributed by atoms with E-state index in [9.17, 15) is 9.59 Å². The number of nitrogens with one attached hydrogen (secondary N) is 1. The van der Waals surface area contributed by atoms with Gasteiger partial charge in [0.2, 0.25) is 5.91 Å². The first kappa shape index (κ1) is 15.8. The Morgan fingerprint density at radius 3 is 2.62 bits per heavy atom. The first-order chi connectivity index (χ1) is 9.95. The molecule has 1 amide bonds. The second-order valence-corrected chi connectivity index (χ2v) is 6.21. The molecule has 2 N–H and O–H groups in total. The van der Waals surface area contributed by atoms with Crippen molar-refractivity contribution >= 4 is 23.6 Å². The highest BCUT2D eigenvalue weighted by atomic mass is 32.2. The fourth-order valence-electron chi connectivity index (χ4n) is 2.57. The Morgan fingerprint density at radius 2 is 2.00 bits per heavy atom. The van der Waals surface area contributed by atoms with Crippen LogP contribution in [0.25, 0.3) is 0 Å². The van der Waals surface area contributed by atoms with E-state index in [-0.39, 0.29) is 17.7 Å². The lowest BCUT2D eigenvalue weighted by atomic mass is 10.0. The van der Waals surface area contributed by atoms with E-state index in [1.165, 1.54) is 11.8 Å². The van der Waals surface area contributed by atoms with Gasteiger partial charge in [0.1, 0.15) is 0 Å². The average Bonchev–Trinajstić information content (AvgIpc) is 2.83. The van der Waals surface area contributed by atoms with Crippen molar-refractivity contribution in [2.75, 3.05) is 5.75 Å². The summed E-state index contributed by atoms with van der Waals surface area (Å²) in [6.45, 7) is 3.77. The van der Waals surface area contributed by atoms with Crippen molar-refractivity contribution in [3.05, 3.63) is 17.5 Å². The quantitative estimate of drug-likeness (QED) is 0.633. The molecule has 1 heterocycles. The van der Waals surface area contributed by atoms with Crippen molar-refractivity contribution in [2.45, 2.75) is 44.3 Å². The number of hydrogen-bond acceptors (Lipinski definition) is 5. The number of carboxylic acid groups (broad SMARTS) is 1. The zero-order valence-electron chi connectivity index (χ0n) is 12.1. The van der Waals surface area contributed by atoms with Crippen LogP contribution < -0.4 is 5.32 Å². The van der Waals surface area contributed by atoms with Crippen molar-refractivity contribution in [3.63, 3.8) is 0 Å². The van der Waals surface area contributed by atoms with Gasteiger partial charge in [-0.25, -0.2) is 9.97 Å². The molecule has 2 atom stereocenters. The lowest BCUT2D eigenvalue weighted by Gasteiger charge is -2.17. The summed E-state index contributed by atoms with van der Waals surface area (Å²) in [5, 5.41) is 12.5. The molecule has 1 saturated carbocycles. The molecule has 1 aliphatic carbocycles. The van der Waals surface area contributed by atoms with E-state index in [0.29, 0.717) is 11.6 Å². The summed E-state index contributed by atoms with van der Waals surface area (Å²) < 4.78 is 0. The summed E-state index contributed by atoms with van der Waals surface area (Å²) in [6.07, 6.45) is 2.20. The van der Waals surface area contributed by atoms with Crippen molar-refractivity contribution < 1.29 is 14.7 Å². The highest BCUT2D eigenvalue weighted by molar-refractivity contribution is 7.99. The highest BCUT2D eigenvalue weighted by Crippen LogP contribution is 2.26. The zero-order valence-corrected chi connectivity index (χ0v) is 12.9. The highest BCUT2D eigenvalue weighted by Gasteiger charge is 2.33. The number of aryl methyl sites for hydroxylation is 2. The Morgan fingerprint density at radius 1 is 1.33 bits per heavy atom. The summed E-state index contributed by atoms with van der Waals surface area (Å²) in [7, 11) is 0. The molecule has 6 nitrogen and oxygen atoms in total. The fraction of sp³-hybridized carbons (Fsp3) is 0.571. The number of carbonyl (C=O) groups is 2. The number of aliphatic carboxylic acids is 1. The van der Waals surface area contributed by atoms with Gasteiger partial charge in [-0.1, -0.05) is 18.2 Å². The third-order valence-electron chi connectivity index (χ3n) is 3.47. The van der Waals surface area contributed by atoms with Crippen LogP contribution in [0.15, 0.2) is 11.2 Å². The predicted molar refractivity (Wildman–Crippen MR) is 79.1 cm³/mol. The molecule has 1 fully saturated rings. The first-order valence-electron chi connectivity index (χ1n) is 6.93. The van der Waals surface area contributed by atoms with Crippen LogP contribution in [0.1, 0.15) is 30.7 Å². The molecule has 7 heteroatoms. The number of rotatable bonds is 5. The summed E-state index contributed by atoms with van der Waals surface area (Å²) in [5.74, 6) is -1.26. The van der Waals surface area contributed by atoms with Gasteiger partial charge in [-0.15, -0.1) is 0 Å². The lowest BCUT2D eigenvalue weighted by molar-refractivity contribution is -0.142. The zero-order chi connectivity index (χ0) is 15.4.